The average Bonchev–Trinajstić information content (AvgIpc) is 3.02. The van der Waals surface area contributed by atoms with Crippen molar-refractivity contribution >= 4 is 28.3 Å². The van der Waals surface area contributed by atoms with E-state index >= 15 is 0 Å². The zero-order chi connectivity index (χ0) is 18.7. The van der Waals surface area contributed by atoms with Gasteiger partial charge in [0.25, 0.3) is 0 Å². The van der Waals surface area contributed by atoms with Crippen LogP contribution in [0.2, 0.25) is 5.02 Å². The first kappa shape index (κ1) is 15.9. The minimum atomic E-state index is -0.416. The van der Waals surface area contributed by atoms with Gasteiger partial charge >= 0.3 is 0 Å². The molecule has 0 unspecified atom stereocenters. The van der Waals surface area contributed by atoms with Gasteiger partial charge in [-0.2, -0.15) is 5.10 Å². The Hall–Kier alpha value is -3.31. The van der Waals surface area contributed by atoms with Crippen LogP contribution in [0.5, 0.6) is 11.5 Å². The second-order valence-corrected chi connectivity index (χ2v) is 6.90. The Balaban J connectivity index is 1.86. The molecule has 0 aliphatic heterocycles. The van der Waals surface area contributed by atoms with E-state index in [0.717, 1.165) is 11.1 Å². The van der Waals surface area contributed by atoms with Crippen molar-refractivity contribution in [2.75, 3.05) is 0 Å². The summed E-state index contributed by atoms with van der Waals surface area (Å²) in [6, 6.07) is 16.0. The van der Waals surface area contributed by atoms with Crippen LogP contribution in [0.3, 0.4) is 0 Å². The number of aromatic nitrogens is 2. The highest BCUT2D eigenvalue weighted by Gasteiger charge is 2.34. The van der Waals surface area contributed by atoms with E-state index in [1.54, 1.807) is 10.7 Å². The highest BCUT2D eigenvalue weighted by atomic mass is 35.5. The Bertz CT molecular complexity index is 1250. The second-order valence-electron chi connectivity index (χ2n) is 6.49. The molecule has 1 aliphatic rings. The van der Waals surface area contributed by atoms with Crippen LogP contribution in [-0.4, -0.2) is 25.8 Å². The molecule has 0 saturated heterocycles. The molecule has 0 radical (unpaired) electrons. The van der Waals surface area contributed by atoms with Gasteiger partial charge in [-0.3, -0.25) is 9.48 Å². The molecule has 1 aromatic heterocycles. The summed E-state index contributed by atoms with van der Waals surface area (Å²) < 4.78 is 1.78. The van der Waals surface area contributed by atoms with Crippen LogP contribution in [0.1, 0.15) is 21.5 Å². The maximum absolute atomic E-state index is 13.1. The van der Waals surface area contributed by atoms with E-state index < -0.39 is 5.78 Å². The Morgan fingerprint density at radius 1 is 0.889 bits per heavy atom. The number of carbonyl (C=O) groups excluding carboxylic acids is 1. The normalized spacial score (nSPS) is 12.4. The minimum absolute atomic E-state index is 0.0295. The third-order valence-corrected chi connectivity index (χ3v) is 5.21. The molecule has 5 rings (SSSR count). The van der Waals surface area contributed by atoms with Crippen LogP contribution >= 0.6 is 11.6 Å². The molecule has 132 valence electrons. The van der Waals surface area contributed by atoms with E-state index in [0.29, 0.717) is 28.2 Å². The van der Waals surface area contributed by atoms with Crippen LogP contribution in [0.25, 0.3) is 22.2 Å². The highest BCUT2D eigenvalue weighted by molar-refractivity contribution is 6.39. The third-order valence-electron chi connectivity index (χ3n) is 4.90. The first-order chi connectivity index (χ1) is 13.1. The number of benzene rings is 3. The molecule has 0 fully saturated rings. The zero-order valence-corrected chi connectivity index (χ0v) is 14.7. The molecular formula is C21H13ClN2O3. The lowest BCUT2D eigenvalue weighted by Crippen LogP contribution is -2.10. The van der Waals surface area contributed by atoms with Gasteiger partial charge in [-0.1, -0.05) is 41.9 Å². The molecule has 0 spiro atoms. The predicted molar refractivity (Wildman–Crippen MR) is 102 cm³/mol. The number of hydrogen-bond acceptors (Lipinski definition) is 4. The molecule has 0 saturated carbocycles. The molecule has 0 amide bonds. The maximum atomic E-state index is 13.1. The van der Waals surface area contributed by atoms with Gasteiger partial charge in [0.15, 0.2) is 5.78 Å². The molecular weight excluding hydrogens is 364 g/mol. The van der Waals surface area contributed by atoms with Gasteiger partial charge < -0.3 is 10.2 Å². The fourth-order valence-electron chi connectivity index (χ4n) is 3.69. The number of fused-ring (bicyclic) bond motifs is 2. The van der Waals surface area contributed by atoms with Gasteiger partial charge in [0.1, 0.15) is 17.2 Å². The average molecular weight is 377 g/mol. The largest absolute Gasteiger partial charge is 0.507 e. The summed E-state index contributed by atoms with van der Waals surface area (Å²) in [5.41, 5.74) is 2.82. The number of rotatable bonds is 2. The summed E-state index contributed by atoms with van der Waals surface area (Å²) in [7, 11) is 0. The van der Waals surface area contributed by atoms with Crippen LogP contribution < -0.4 is 0 Å². The predicted octanol–water partition coefficient (Wildman–Crippen LogP) is 4.36. The van der Waals surface area contributed by atoms with Crippen molar-refractivity contribution < 1.29 is 15.0 Å². The fourth-order valence-corrected chi connectivity index (χ4v) is 3.94. The van der Waals surface area contributed by atoms with Gasteiger partial charge in [-0.25, -0.2) is 0 Å². The van der Waals surface area contributed by atoms with E-state index in [2.05, 4.69) is 5.10 Å². The Kier molecular flexibility index (Phi) is 3.29. The Morgan fingerprint density at radius 3 is 2.33 bits per heavy atom. The SMILES string of the molecule is O=C1c2c(O)ccc(O)c2-c2nn(Cc3ccccc3)c3ccc(Cl)c1c23. The van der Waals surface area contributed by atoms with Gasteiger partial charge in [-0.05, 0) is 29.8 Å². The molecule has 0 bridgehead atoms. The number of ketones is 1. The molecule has 0 atom stereocenters. The van der Waals surface area contributed by atoms with Gasteiger partial charge in [0.2, 0.25) is 0 Å². The number of hydrogen-bond donors (Lipinski definition) is 2. The number of carbonyl (C=O) groups is 1. The van der Waals surface area contributed by atoms with Crippen LogP contribution in [0.15, 0.2) is 54.6 Å². The van der Waals surface area contributed by atoms with E-state index in [4.69, 9.17) is 11.6 Å². The lowest BCUT2D eigenvalue weighted by molar-refractivity contribution is 0.103. The lowest BCUT2D eigenvalue weighted by Gasteiger charge is -2.17. The summed E-state index contributed by atoms with van der Waals surface area (Å²) in [5, 5.41) is 26.2. The van der Waals surface area contributed by atoms with Gasteiger partial charge in [0, 0.05) is 5.39 Å². The zero-order valence-electron chi connectivity index (χ0n) is 14.0. The van der Waals surface area contributed by atoms with Crippen LogP contribution in [0.4, 0.5) is 0 Å². The molecule has 1 heterocycles. The van der Waals surface area contributed by atoms with Gasteiger partial charge in [-0.15, -0.1) is 0 Å². The van der Waals surface area contributed by atoms with E-state index in [9.17, 15) is 15.0 Å². The number of aromatic hydroxyl groups is 2. The minimum Gasteiger partial charge on any atom is -0.507 e. The molecule has 1 aliphatic carbocycles. The van der Waals surface area contributed by atoms with Crippen molar-refractivity contribution in [3.05, 3.63) is 76.3 Å². The summed E-state index contributed by atoms with van der Waals surface area (Å²) in [6.07, 6.45) is 0. The van der Waals surface area contributed by atoms with Crippen molar-refractivity contribution in [3.8, 4) is 22.8 Å². The lowest BCUT2D eigenvalue weighted by atomic mass is 9.86. The summed E-state index contributed by atoms with van der Waals surface area (Å²) in [4.78, 5) is 13.1. The second kappa shape index (κ2) is 5.59. The summed E-state index contributed by atoms with van der Waals surface area (Å²) >= 11 is 6.33. The molecule has 2 N–H and O–H groups in total. The topological polar surface area (TPSA) is 75.3 Å². The standard InChI is InChI=1S/C21H13ClN2O3/c22-12-6-7-13-17-16(12)21(27)19-15(26)9-8-14(25)18(19)20(17)23-24(13)10-11-4-2-1-3-5-11/h1-9,25-26H,10H2. The quantitative estimate of drug-likeness (QED) is 0.449. The van der Waals surface area contributed by atoms with Crippen molar-refractivity contribution in [1.29, 1.82) is 0 Å². The Morgan fingerprint density at radius 2 is 1.59 bits per heavy atom. The van der Waals surface area contributed by atoms with E-state index in [1.165, 1.54) is 12.1 Å². The molecule has 6 heteroatoms. The highest BCUT2D eigenvalue weighted by Crippen LogP contribution is 2.47. The summed E-state index contributed by atoms with van der Waals surface area (Å²) in [5.74, 6) is -0.724. The van der Waals surface area contributed by atoms with E-state index in [1.807, 2.05) is 36.4 Å². The number of phenolic OH excluding ortho intramolecular Hbond substituents is 2. The molecule has 5 nitrogen and oxygen atoms in total. The van der Waals surface area contributed by atoms with Gasteiger partial charge in [0.05, 0.1) is 33.8 Å². The fraction of sp³-hybridized carbons (Fsp3) is 0.0476. The Labute approximate surface area is 159 Å². The molecule has 3 aromatic carbocycles. The smallest absolute Gasteiger partial charge is 0.199 e. The van der Waals surface area contributed by atoms with Crippen molar-refractivity contribution in [2.24, 2.45) is 0 Å². The monoisotopic (exact) mass is 376 g/mol. The van der Waals surface area contributed by atoms with E-state index in [-0.39, 0.29) is 22.6 Å². The number of phenols is 2. The van der Waals surface area contributed by atoms with Crippen LogP contribution in [0, 0.1) is 0 Å². The first-order valence-electron chi connectivity index (χ1n) is 8.39. The van der Waals surface area contributed by atoms with Crippen molar-refractivity contribution in [2.45, 2.75) is 6.54 Å². The maximum Gasteiger partial charge on any atom is 0.199 e. The first-order valence-corrected chi connectivity index (χ1v) is 8.77. The van der Waals surface area contributed by atoms with Crippen molar-refractivity contribution in [3.63, 3.8) is 0 Å². The van der Waals surface area contributed by atoms with Crippen LogP contribution in [-0.2, 0) is 6.54 Å². The number of halogens is 1. The third kappa shape index (κ3) is 2.18. The van der Waals surface area contributed by atoms with Crippen molar-refractivity contribution in [1.82, 2.24) is 9.78 Å². The number of nitrogens with zero attached hydrogens (tertiary/aromatic N) is 2. The molecule has 27 heavy (non-hydrogen) atoms. The summed E-state index contributed by atoms with van der Waals surface area (Å²) in [6.45, 7) is 0.502. The molecule has 4 aromatic rings.